The Balaban J connectivity index is 1.43. The molecule has 1 atom stereocenters. The molecular weight excluding hydrogens is 336 g/mol. The van der Waals surface area contributed by atoms with Gasteiger partial charge in [0.05, 0.1) is 11.8 Å². The van der Waals surface area contributed by atoms with E-state index in [-0.39, 0.29) is 6.04 Å². The number of H-pyrrole nitrogens is 2. The zero-order valence-corrected chi connectivity index (χ0v) is 14.5. The number of nitrogens with two attached hydrogens (primary N) is 1. The fraction of sp³-hybridized carbons (Fsp3) is 0.250. The van der Waals surface area contributed by atoms with Crippen LogP contribution in [0, 0.1) is 6.92 Å². The van der Waals surface area contributed by atoms with E-state index >= 15 is 0 Å². The first-order chi connectivity index (χ1) is 12.2. The number of fused-ring (bicyclic) bond motifs is 1. The molecule has 128 valence electrons. The summed E-state index contributed by atoms with van der Waals surface area (Å²) in [7, 11) is 0. The number of nitrogens with zero attached hydrogens (tertiary/aromatic N) is 4. The molecule has 0 unspecified atom stereocenters. The molecule has 0 amide bonds. The third kappa shape index (κ3) is 3.37. The molecule has 0 radical (unpaired) electrons. The lowest BCUT2D eigenvalue weighted by atomic mass is 10.1. The van der Waals surface area contributed by atoms with E-state index in [1.807, 2.05) is 19.1 Å². The molecule has 0 bridgehead atoms. The van der Waals surface area contributed by atoms with Crippen LogP contribution in [-0.4, -0.2) is 42.9 Å². The number of aromatic nitrogens is 6. The molecule has 0 fully saturated rings. The molecule has 25 heavy (non-hydrogen) atoms. The molecule has 8 nitrogen and oxygen atoms in total. The van der Waals surface area contributed by atoms with Crippen LogP contribution in [0.1, 0.15) is 11.4 Å². The predicted octanol–water partition coefficient (Wildman–Crippen LogP) is 2.09. The van der Waals surface area contributed by atoms with Gasteiger partial charge in [0.15, 0.2) is 0 Å². The minimum Gasteiger partial charge on any atom is -0.359 e. The number of aromatic amines is 2. The van der Waals surface area contributed by atoms with Crippen LogP contribution in [0.3, 0.4) is 0 Å². The van der Waals surface area contributed by atoms with Crippen molar-refractivity contribution in [3.05, 3.63) is 42.1 Å². The molecule has 0 aliphatic carbocycles. The van der Waals surface area contributed by atoms with Crippen molar-refractivity contribution in [2.24, 2.45) is 5.73 Å². The quantitative estimate of drug-likeness (QED) is 0.421. The van der Waals surface area contributed by atoms with Crippen LogP contribution >= 0.6 is 11.3 Å². The summed E-state index contributed by atoms with van der Waals surface area (Å²) in [5.74, 6) is 0. The van der Waals surface area contributed by atoms with Crippen molar-refractivity contribution in [2.45, 2.75) is 19.4 Å². The van der Waals surface area contributed by atoms with Gasteiger partial charge in [0, 0.05) is 47.5 Å². The highest BCUT2D eigenvalue weighted by Crippen LogP contribution is 2.29. The summed E-state index contributed by atoms with van der Waals surface area (Å²) in [5, 5.41) is 21.7. The van der Waals surface area contributed by atoms with Crippen molar-refractivity contribution in [2.75, 3.05) is 11.9 Å². The van der Waals surface area contributed by atoms with E-state index in [0.717, 1.165) is 44.4 Å². The second kappa shape index (κ2) is 6.61. The van der Waals surface area contributed by atoms with Gasteiger partial charge in [-0.15, -0.1) is 10.2 Å². The highest BCUT2D eigenvalue weighted by molar-refractivity contribution is 7.18. The Morgan fingerprint density at radius 3 is 3.08 bits per heavy atom. The summed E-state index contributed by atoms with van der Waals surface area (Å²) in [4.78, 5) is 7.05. The molecule has 0 saturated carbocycles. The molecule has 3 aromatic heterocycles. The van der Waals surface area contributed by atoms with Crippen LogP contribution in [0.4, 0.5) is 5.13 Å². The summed E-state index contributed by atoms with van der Waals surface area (Å²) in [5.41, 5.74) is 10.2. The Kier molecular flexibility index (Phi) is 4.16. The van der Waals surface area contributed by atoms with Crippen LogP contribution in [0.15, 0.2) is 30.7 Å². The minimum atomic E-state index is -0.0299. The van der Waals surface area contributed by atoms with Gasteiger partial charge in [-0.05, 0) is 25.1 Å². The Hall–Kier alpha value is -2.78. The second-order valence-electron chi connectivity index (χ2n) is 5.91. The summed E-state index contributed by atoms with van der Waals surface area (Å²) < 4.78 is 0. The van der Waals surface area contributed by atoms with E-state index in [9.17, 15) is 0 Å². The van der Waals surface area contributed by atoms with E-state index in [1.54, 1.807) is 12.5 Å². The van der Waals surface area contributed by atoms with Crippen LogP contribution in [-0.2, 0) is 6.42 Å². The Morgan fingerprint density at radius 1 is 1.32 bits per heavy atom. The average molecular weight is 354 g/mol. The van der Waals surface area contributed by atoms with E-state index in [2.05, 4.69) is 41.7 Å². The highest BCUT2D eigenvalue weighted by Gasteiger charge is 2.11. The van der Waals surface area contributed by atoms with E-state index in [1.165, 1.54) is 11.3 Å². The van der Waals surface area contributed by atoms with Gasteiger partial charge in [0.2, 0.25) is 5.13 Å². The number of imidazole rings is 1. The second-order valence-corrected chi connectivity index (χ2v) is 6.89. The first kappa shape index (κ1) is 15.7. The van der Waals surface area contributed by atoms with Gasteiger partial charge in [-0.25, -0.2) is 4.98 Å². The number of benzene rings is 1. The Morgan fingerprint density at radius 2 is 2.24 bits per heavy atom. The number of hydrogen-bond acceptors (Lipinski definition) is 7. The van der Waals surface area contributed by atoms with Crippen molar-refractivity contribution in [1.29, 1.82) is 0 Å². The molecule has 0 saturated heterocycles. The van der Waals surface area contributed by atoms with Gasteiger partial charge in [-0.1, -0.05) is 11.3 Å². The molecule has 0 aliphatic heterocycles. The third-order valence-corrected chi connectivity index (χ3v) is 4.90. The molecule has 0 spiro atoms. The number of nitrogens with one attached hydrogen (secondary N) is 3. The van der Waals surface area contributed by atoms with Crippen molar-refractivity contribution in [3.63, 3.8) is 0 Å². The maximum Gasteiger partial charge on any atom is 0.206 e. The highest BCUT2D eigenvalue weighted by atomic mass is 32.1. The number of anilines is 1. The summed E-state index contributed by atoms with van der Waals surface area (Å²) in [6, 6.07) is 6.06. The van der Waals surface area contributed by atoms with Gasteiger partial charge in [-0.3, -0.25) is 5.10 Å². The van der Waals surface area contributed by atoms with E-state index in [0.29, 0.717) is 6.54 Å². The molecule has 5 N–H and O–H groups in total. The van der Waals surface area contributed by atoms with Crippen LogP contribution < -0.4 is 11.1 Å². The number of hydrogen-bond donors (Lipinski definition) is 4. The monoisotopic (exact) mass is 354 g/mol. The molecule has 1 aromatic carbocycles. The van der Waals surface area contributed by atoms with Crippen molar-refractivity contribution in [1.82, 2.24) is 30.4 Å². The Labute approximate surface area is 147 Å². The lowest BCUT2D eigenvalue weighted by Gasteiger charge is -2.10. The van der Waals surface area contributed by atoms with Gasteiger partial charge in [0.25, 0.3) is 0 Å². The molecular formula is C16H18N8S. The SMILES string of the molecule is Cc1[nH]nc2ccc(-c3nnc(NC[C@H](N)Cc4cnc[nH]4)s3)cc12. The fourth-order valence-corrected chi connectivity index (χ4v) is 3.40. The predicted molar refractivity (Wildman–Crippen MR) is 98.5 cm³/mol. The van der Waals surface area contributed by atoms with Crippen LogP contribution in [0.5, 0.6) is 0 Å². The van der Waals surface area contributed by atoms with Crippen molar-refractivity contribution >= 4 is 27.4 Å². The number of rotatable bonds is 6. The molecule has 0 aliphatic rings. The van der Waals surface area contributed by atoms with Gasteiger partial charge >= 0.3 is 0 Å². The van der Waals surface area contributed by atoms with Crippen LogP contribution in [0.2, 0.25) is 0 Å². The van der Waals surface area contributed by atoms with E-state index in [4.69, 9.17) is 5.73 Å². The summed E-state index contributed by atoms with van der Waals surface area (Å²) in [6.07, 6.45) is 4.18. The zero-order valence-electron chi connectivity index (χ0n) is 13.7. The van der Waals surface area contributed by atoms with Gasteiger partial charge < -0.3 is 16.0 Å². The molecule has 4 rings (SSSR count). The summed E-state index contributed by atoms with van der Waals surface area (Å²) >= 11 is 1.51. The maximum absolute atomic E-state index is 6.13. The third-order valence-electron chi connectivity index (χ3n) is 3.97. The largest absolute Gasteiger partial charge is 0.359 e. The Bertz CT molecular complexity index is 971. The maximum atomic E-state index is 6.13. The molecule has 4 aromatic rings. The lowest BCUT2D eigenvalue weighted by Crippen LogP contribution is -2.31. The van der Waals surface area contributed by atoms with Crippen LogP contribution in [0.25, 0.3) is 21.5 Å². The normalized spacial score (nSPS) is 12.6. The van der Waals surface area contributed by atoms with Gasteiger partial charge in [-0.2, -0.15) is 5.10 Å². The van der Waals surface area contributed by atoms with E-state index < -0.39 is 0 Å². The first-order valence-corrected chi connectivity index (χ1v) is 8.76. The minimum absolute atomic E-state index is 0.0299. The summed E-state index contributed by atoms with van der Waals surface area (Å²) in [6.45, 7) is 2.63. The standard InChI is InChI=1S/C16H18N8S/c1-9-13-4-10(2-3-14(13)22-21-9)15-23-24-16(25-15)19-6-11(17)5-12-7-18-8-20-12/h2-4,7-8,11H,5-6,17H2,1H3,(H,18,20)(H,19,24)(H,21,22)/t11-/m1/s1. The lowest BCUT2D eigenvalue weighted by molar-refractivity contribution is 0.688. The smallest absolute Gasteiger partial charge is 0.206 e. The molecule has 9 heteroatoms. The fourth-order valence-electron chi connectivity index (χ4n) is 2.65. The zero-order chi connectivity index (χ0) is 17.2. The van der Waals surface area contributed by atoms with Crippen molar-refractivity contribution < 1.29 is 0 Å². The molecule has 3 heterocycles. The van der Waals surface area contributed by atoms with Crippen molar-refractivity contribution in [3.8, 4) is 10.6 Å². The topological polar surface area (TPSA) is 121 Å². The average Bonchev–Trinajstić information content (AvgIpc) is 3.35. The first-order valence-electron chi connectivity index (χ1n) is 7.94. The number of aryl methyl sites for hydroxylation is 1. The van der Waals surface area contributed by atoms with Gasteiger partial charge in [0.1, 0.15) is 5.01 Å².